The Balaban J connectivity index is 2.38. The lowest BCUT2D eigenvalue weighted by molar-refractivity contribution is 0.586. The Kier molecular flexibility index (Phi) is 2.90. The standard InChI is InChI=1S/C14H9F3N2S/c1-7-4-10(17)13(6-9(7)16)19-12-3-2-8(15)5-11(12)18-14(19)20/h2-6H,1H3,(H,18,20). The van der Waals surface area contributed by atoms with Crippen LogP contribution in [-0.2, 0) is 0 Å². The molecule has 0 saturated carbocycles. The molecule has 0 aliphatic heterocycles. The third kappa shape index (κ3) is 1.92. The zero-order chi connectivity index (χ0) is 14.4. The van der Waals surface area contributed by atoms with E-state index < -0.39 is 17.5 Å². The van der Waals surface area contributed by atoms with Crippen LogP contribution < -0.4 is 0 Å². The van der Waals surface area contributed by atoms with Gasteiger partial charge >= 0.3 is 0 Å². The van der Waals surface area contributed by atoms with E-state index in [1.54, 1.807) is 0 Å². The van der Waals surface area contributed by atoms with Gasteiger partial charge in [-0.15, -0.1) is 0 Å². The summed E-state index contributed by atoms with van der Waals surface area (Å²) in [6.07, 6.45) is 0. The van der Waals surface area contributed by atoms with E-state index in [-0.39, 0.29) is 16.0 Å². The van der Waals surface area contributed by atoms with Crippen molar-refractivity contribution < 1.29 is 13.2 Å². The van der Waals surface area contributed by atoms with Crippen molar-refractivity contribution in [2.45, 2.75) is 6.92 Å². The number of H-pyrrole nitrogens is 1. The van der Waals surface area contributed by atoms with Crippen molar-refractivity contribution in [1.29, 1.82) is 0 Å². The molecule has 0 bridgehead atoms. The molecule has 0 aliphatic carbocycles. The molecular formula is C14H9F3N2S. The van der Waals surface area contributed by atoms with Crippen LogP contribution in [0.25, 0.3) is 16.7 Å². The fraction of sp³-hybridized carbons (Fsp3) is 0.0714. The summed E-state index contributed by atoms with van der Waals surface area (Å²) in [5.74, 6) is -1.55. The number of nitrogens with zero attached hydrogens (tertiary/aromatic N) is 1. The molecule has 20 heavy (non-hydrogen) atoms. The topological polar surface area (TPSA) is 20.7 Å². The van der Waals surface area contributed by atoms with E-state index in [4.69, 9.17) is 12.2 Å². The number of halogens is 3. The minimum atomic E-state index is -0.592. The Hall–Kier alpha value is -2.08. The second-order valence-electron chi connectivity index (χ2n) is 4.48. The average Bonchev–Trinajstić information content (AvgIpc) is 2.69. The summed E-state index contributed by atoms with van der Waals surface area (Å²) in [4.78, 5) is 2.78. The number of hydrogen-bond acceptors (Lipinski definition) is 1. The molecule has 0 saturated heterocycles. The first-order valence-corrected chi connectivity index (χ1v) is 6.24. The molecule has 0 fully saturated rings. The van der Waals surface area contributed by atoms with Crippen molar-refractivity contribution in [3.05, 3.63) is 58.1 Å². The van der Waals surface area contributed by atoms with Gasteiger partial charge in [0.25, 0.3) is 0 Å². The lowest BCUT2D eigenvalue weighted by Crippen LogP contribution is -2.00. The molecule has 2 aromatic carbocycles. The molecule has 0 atom stereocenters. The predicted octanol–water partition coefficient (Wildman–Crippen LogP) is 4.41. The smallest absolute Gasteiger partial charge is 0.182 e. The number of fused-ring (bicyclic) bond motifs is 1. The van der Waals surface area contributed by atoms with Crippen molar-refractivity contribution >= 4 is 23.3 Å². The van der Waals surface area contributed by atoms with Gasteiger partial charge in [-0.3, -0.25) is 4.57 Å². The molecule has 3 rings (SSSR count). The second kappa shape index (κ2) is 4.49. The summed E-state index contributed by atoms with van der Waals surface area (Å²) in [6, 6.07) is 6.15. The summed E-state index contributed by atoms with van der Waals surface area (Å²) in [5, 5.41) is 0. The first-order chi connectivity index (χ1) is 9.47. The van der Waals surface area contributed by atoms with Crippen LogP contribution in [0.5, 0.6) is 0 Å². The highest BCUT2D eigenvalue weighted by atomic mass is 32.1. The third-order valence-corrected chi connectivity index (χ3v) is 3.40. The van der Waals surface area contributed by atoms with Crippen LogP contribution >= 0.6 is 12.2 Å². The number of imidazole rings is 1. The molecule has 0 radical (unpaired) electrons. The highest BCUT2D eigenvalue weighted by molar-refractivity contribution is 7.71. The summed E-state index contributed by atoms with van der Waals surface area (Å²) in [6.45, 7) is 1.48. The first-order valence-electron chi connectivity index (χ1n) is 5.83. The van der Waals surface area contributed by atoms with Crippen LogP contribution in [0.1, 0.15) is 5.56 Å². The Morgan fingerprint density at radius 1 is 1.05 bits per heavy atom. The lowest BCUT2D eigenvalue weighted by Gasteiger charge is -2.08. The first kappa shape index (κ1) is 12.9. The lowest BCUT2D eigenvalue weighted by atomic mass is 10.2. The molecule has 0 spiro atoms. The molecule has 1 heterocycles. The maximum atomic E-state index is 14.1. The molecule has 6 heteroatoms. The highest BCUT2D eigenvalue weighted by Gasteiger charge is 2.13. The molecule has 0 amide bonds. The van der Waals surface area contributed by atoms with Crippen LogP contribution in [0.4, 0.5) is 13.2 Å². The minimum absolute atomic E-state index is 0.00374. The Labute approximate surface area is 117 Å². The predicted molar refractivity (Wildman–Crippen MR) is 73.1 cm³/mol. The monoisotopic (exact) mass is 294 g/mol. The molecule has 2 nitrogen and oxygen atoms in total. The fourth-order valence-electron chi connectivity index (χ4n) is 2.13. The van der Waals surface area contributed by atoms with E-state index in [2.05, 4.69) is 4.98 Å². The van der Waals surface area contributed by atoms with Crippen molar-refractivity contribution in [1.82, 2.24) is 9.55 Å². The Bertz CT molecular complexity index is 880. The maximum absolute atomic E-state index is 14.1. The summed E-state index contributed by atoms with van der Waals surface area (Å²) in [5.41, 5.74) is 1.12. The maximum Gasteiger partial charge on any atom is 0.182 e. The van der Waals surface area contributed by atoms with Crippen molar-refractivity contribution in [3.8, 4) is 5.69 Å². The number of rotatable bonds is 1. The van der Waals surface area contributed by atoms with Gasteiger partial charge in [0.15, 0.2) is 4.77 Å². The molecule has 1 aromatic heterocycles. The summed E-state index contributed by atoms with van der Waals surface area (Å²) < 4.78 is 42.4. The number of aromatic nitrogens is 2. The number of nitrogens with one attached hydrogen (secondary N) is 1. The molecule has 102 valence electrons. The highest BCUT2D eigenvalue weighted by Crippen LogP contribution is 2.24. The van der Waals surface area contributed by atoms with Crippen LogP contribution in [0, 0.1) is 29.1 Å². The van der Waals surface area contributed by atoms with Gasteiger partial charge in [-0.1, -0.05) is 0 Å². The minimum Gasteiger partial charge on any atom is -0.330 e. The molecule has 3 aromatic rings. The molecule has 0 unspecified atom stereocenters. The quantitative estimate of drug-likeness (QED) is 0.659. The van der Waals surface area contributed by atoms with Crippen molar-refractivity contribution in [3.63, 3.8) is 0 Å². The van der Waals surface area contributed by atoms with E-state index in [1.165, 1.54) is 29.7 Å². The average molecular weight is 294 g/mol. The van der Waals surface area contributed by atoms with E-state index in [0.717, 1.165) is 12.1 Å². The number of aryl methyl sites for hydroxylation is 1. The van der Waals surface area contributed by atoms with Gasteiger partial charge in [-0.2, -0.15) is 0 Å². The van der Waals surface area contributed by atoms with Crippen LogP contribution in [0.2, 0.25) is 0 Å². The van der Waals surface area contributed by atoms with Gasteiger partial charge < -0.3 is 4.98 Å². The largest absolute Gasteiger partial charge is 0.330 e. The van der Waals surface area contributed by atoms with Crippen LogP contribution in [0.15, 0.2) is 30.3 Å². The zero-order valence-electron chi connectivity index (χ0n) is 10.4. The Morgan fingerprint density at radius 2 is 1.80 bits per heavy atom. The van der Waals surface area contributed by atoms with Gasteiger partial charge in [-0.05, 0) is 49.0 Å². The summed E-state index contributed by atoms with van der Waals surface area (Å²) >= 11 is 5.11. The van der Waals surface area contributed by atoms with Gasteiger partial charge in [0.1, 0.15) is 17.5 Å². The molecule has 0 aliphatic rings. The van der Waals surface area contributed by atoms with Gasteiger partial charge in [0.05, 0.1) is 16.7 Å². The van der Waals surface area contributed by atoms with Crippen molar-refractivity contribution in [2.24, 2.45) is 0 Å². The van der Waals surface area contributed by atoms with Gasteiger partial charge in [0.2, 0.25) is 0 Å². The van der Waals surface area contributed by atoms with E-state index >= 15 is 0 Å². The number of benzene rings is 2. The third-order valence-electron chi connectivity index (χ3n) is 3.11. The van der Waals surface area contributed by atoms with E-state index in [0.29, 0.717) is 11.0 Å². The van der Waals surface area contributed by atoms with E-state index in [1.807, 2.05) is 0 Å². The molecule has 1 N–H and O–H groups in total. The van der Waals surface area contributed by atoms with Crippen LogP contribution in [0.3, 0.4) is 0 Å². The van der Waals surface area contributed by atoms with Crippen LogP contribution in [-0.4, -0.2) is 9.55 Å². The van der Waals surface area contributed by atoms with Crippen molar-refractivity contribution in [2.75, 3.05) is 0 Å². The number of aromatic amines is 1. The van der Waals surface area contributed by atoms with Gasteiger partial charge in [0, 0.05) is 6.07 Å². The second-order valence-corrected chi connectivity index (χ2v) is 4.87. The zero-order valence-corrected chi connectivity index (χ0v) is 11.2. The Morgan fingerprint density at radius 3 is 2.55 bits per heavy atom. The normalized spacial score (nSPS) is 11.2. The van der Waals surface area contributed by atoms with E-state index in [9.17, 15) is 13.2 Å². The van der Waals surface area contributed by atoms with Gasteiger partial charge in [-0.25, -0.2) is 13.2 Å². The fourth-order valence-corrected chi connectivity index (χ4v) is 2.44. The molecular weight excluding hydrogens is 285 g/mol. The number of hydrogen-bond donors (Lipinski definition) is 1. The summed E-state index contributed by atoms with van der Waals surface area (Å²) in [7, 11) is 0. The SMILES string of the molecule is Cc1cc(F)c(-n2c(=S)[nH]c3cc(F)ccc32)cc1F.